The zero-order valence-electron chi connectivity index (χ0n) is 27.7. The van der Waals surface area contributed by atoms with Crippen molar-refractivity contribution in [2.75, 3.05) is 0 Å². The van der Waals surface area contributed by atoms with Crippen molar-refractivity contribution in [1.29, 1.82) is 0 Å². The van der Waals surface area contributed by atoms with E-state index in [0.717, 1.165) is 55.0 Å². The number of aromatic nitrogens is 3. The van der Waals surface area contributed by atoms with E-state index in [1.165, 1.54) is 36.5 Å². The third-order valence-electron chi connectivity index (χ3n) is 10.1. The number of thiophene rings is 1. The third-order valence-corrected chi connectivity index (χ3v) is 11.3. The second-order valence-corrected chi connectivity index (χ2v) is 14.2. The number of para-hydroxylation sites is 2. The van der Waals surface area contributed by atoms with Crippen molar-refractivity contribution in [3.05, 3.63) is 164 Å². The van der Waals surface area contributed by atoms with Gasteiger partial charge in [0.2, 0.25) is 0 Å². The minimum atomic E-state index is 0.570. The van der Waals surface area contributed by atoms with Gasteiger partial charge < -0.3 is 4.42 Å². The lowest BCUT2D eigenvalue weighted by Crippen LogP contribution is -2.01. The van der Waals surface area contributed by atoms with E-state index in [1.54, 1.807) is 0 Å². The van der Waals surface area contributed by atoms with Crippen LogP contribution in [-0.2, 0) is 0 Å². The third kappa shape index (κ3) is 4.57. The Morgan fingerprint density at radius 1 is 0.385 bits per heavy atom. The molecule has 0 aliphatic carbocycles. The average Bonchev–Trinajstić information content (AvgIpc) is 3.79. The Labute approximate surface area is 302 Å². The predicted octanol–water partition coefficient (Wildman–Crippen LogP) is 13.1. The van der Waals surface area contributed by atoms with Crippen LogP contribution < -0.4 is 0 Å². The number of benzene rings is 8. The van der Waals surface area contributed by atoms with E-state index >= 15 is 0 Å². The molecule has 11 aromatic rings. The lowest BCUT2D eigenvalue weighted by Gasteiger charge is -2.12. The van der Waals surface area contributed by atoms with Gasteiger partial charge in [0.05, 0.1) is 5.56 Å². The smallest absolute Gasteiger partial charge is 0.167 e. The zero-order chi connectivity index (χ0) is 34.2. The van der Waals surface area contributed by atoms with Crippen LogP contribution in [0, 0.1) is 0 Å². The standard InChI is InChI=1S/C47H27N3OS/c1-2-11-33-29(9-1)21-22-30-10-7-15-37(43(30)33)46-48-45(49-47(50-46)38-16-8-14-36-34-12-3-5-17-40(34)51-44(36)38)31-23-19-28(20-24-31)32-25-26-42-39(27-32)35-13-4-6-18-41(35)52-42/h1-27H. The van der Waals surface area contributed by atoms with Crippen LogP contribution in [0.1, 0.15) is 0 Å². The van der Waals surface area contributed by atoms with Crippen LogP contribution in [0.15, 0.2) is 168 Å². The molecule has 0 saturated carbocycles. The molecule has 0 bridgehead atoms. The number of rotatable bonds is 4. The summed E-state index contributed by atoms with van der Waals surface area (Å²) in [6.07, 6.45) is 0. The molecule has 0 atom stereocenters. The molecule has 0 spiro atoms. The Morgan fingerprint density at radius 2 is 1.00 bits per heavy atom. The summed E-state index contributed by atoms with van der Waals surface area (Å²) in [6.45, 7) is 0. The van der Waals surface area contributed by atoms with E-state index in [-0.39, 0.29) is 0 Å². The Morgan fingerprint density at radius 3 is 1.90 bits per heavy atom. The Balaban J connectivity index is 1.11. The first-order chi connectivity index (χ1) is 25.7. The van der Waals surface area contributed by atoms with Gasteiger partial charge in [-0.2, -0.15) is 0 Å². The normalized spacial score (nSPS) is 11.8. The van der Waals surface area contributed by atoms with E-state index in [0.29, 0.717) is 17.5 Å². The molecule has 4 nitrogen and oxygen atoms in total. The van der Waals surface area contributed by atoms with Gasteiger partial charge in [0.1, 0.15) is 11.2 Å². The predicted molar refractivity (Wildman–Crippen MR) is 217 cm³/mol. The van der Waals surface area contributed by atoms with Crippen molar-refractivity contribution in [2.45, 2.75) is 0 Å². The van der Waals surface area contributed by atoms with E-state index in [4.69, 9.17) is 19.4 Å². The molecule has 3 aromatic heterocycles. The molecule has 5 heteroatoms. The highest BCUT2D eigenvalue weighted by Gasteiger charge is 2.19. The SMILES string of the molecule is c1ccc2c(c1)ccc1cccc(-c3nc(-c4ccc(-c5ccc6sc7ccccc7c6c5)cc4)nc(-c4cccc5c4oc4ccccc45)n3)c12. The molecule has 0 fully saturated rings. The molecular weight excluding hydrogens is 655 g/mol. The molecule has 0 unspecified atom stereocenters. The maximum Gasteiger partial charge on any atom is 0.167 e. The highest BCUT2D eigenvalue weighted by atomic mass is 32.1. The van der Waals surface area contributed by atoms with Gasteiger partial charge in [-0.05, 0) is 57.6 Å². The van der Waals surface area contributed by atoms with Gasteiger partial charge >= 0.3 is 0 Å². The molecule has 0 aliphatic rings. The summed E-state index contributed by atoms with van der Waals surface area (Å²) in [5.74, 6) is 1.80. The van der Waals surface area contributed by atoms with Gasteiger partial charge in [-0.25, -0.2) is 15.0 Å². The fraction of sp³-hybridized carbons (Fsp3) is 0. The Hall–Kier alpha value is -6.69. The van der Waals surface area contributed by atoms with Gasteiger partial charge in [0, 0.05) is 47.5 Å². The first-order valence-electron chi connectivity index (χ1n) is 17.3. The van der Waals surface area contributed by atoms with Crippen molar-refractivity contribution >= 4 is 75.0 Å². The van der Waals surface area contributed by atoms with E-state index < -0.39 is 0 Å². The van der Waals surface area contributed by atoms with E-state index in [2.05, 4.69) is 140 Å². The number of hydrogen-bond donors (Lipinski definition) is 0. The van der Waals surface area contributed by atoms with Crippen LogP contribution >= 0.6 is 11.3 Å². The highest BCUT2D eigenvalue weighted by Crippen LogP contribution is 2.39. The molecule has 242 valence electrons. The van der Waals surface area contributed by atoms with Crippen molar-refractivity contribution in [1.82, 2.24) is 15.0 Å². The maximum absolute atomic E-state index is 6.47. The summed E-state index contributed by atoms with van der Waals surface area (Å²) >= 11 is 1.84. The van der Waals surface area contributed by atoms with Crippen LogP contribution in [0.5, 0.6) is 0 Å². The molecule has 52 heavy (non-hydrogen) atoms. The molecule has 0 radical (unpaired) electrons. The number of fused-ring (bicyclic) bond motifs is 9. The summed E-state index contributed by atoms with van der Waals surface area (Å²) in [5.41, 5.74) is 6.63. The topological polar surface area (TPSA) is 51.8 Å². The van der Waals surface area contributed by atoms with Crippen LogP contribution in [-0.4, -0.2) is 15.0 Å². The largest absolute Gasteiger partial charge is 0.455 e. The summed E-state index contributed by atoms with van der Waals surface area (Å²) in [5, 5.41) is 9.29. The summed E-state index contributed by atoms with van der Waals surface area (Å²) in [6, 6.07) is 57.5. The van der Waals surface area contributed by atoms with Gasteiger partial charge in [-0.3, -0.25) is 0 Å². The maximum atomic E-state index is 6.47. The van der Waals surface area contributed by atoms with Gasteiger partial charge in [-0.1, -0.05) is 133 Å². The van der Waals surface area contributed by atoms with Crippen LogP contribution in [0.4, 0.5) is 0 Å². The van der Waals surface area contributed by atoms with Crippen molar-refractivity contribution in [3.63, 3.8) is 0 Å². The first kappa shape index (κ1) is 29.1. The number of hydrogen-bond acceptors (Lipinski definition) is 5. The first-order valence-corrected chi connectivity index (χ1v) is 18.2. The minimum Gasteiger partial charge on any atom is -0.455 e. The van der Waals surface area contributed by atoms with Crippen LogP contribution in [0.25, 0.3) is 109 Å². The second-order valence-electron chi connectivity index (χ2n) is 13.2. The fourth-order valence-corrected chi connectivity index (χ4v) is 8.72. The number of nitrogens with zero attached hydrogens (tertiary/aromatic N) is 3. The van der Waals surface area contributed by atoms with Gasteiger partial charge in [-0.15, -0.1) is 11.3 Å². The molecule has 0 aliphatic heterocycles. The molecule has 0 N–H and O–H groups in total. The van der Waals surface area contributed by atoms with Crippen LogP contribution in [0.3, 0.4) is 0 Å². The lowest BCUT2D eigenvalue weighted by molar-refractivity contribution is 0.669. The van der Waals surface area contributed by atoms with Crippen molar-refractivity contribution < 1.29 is 4.42 Å². The molecule has 3 heterocycles. The fourth-order valence-electron chi connectivity index (χ4n) is 7.63. The Kier molecular flexibility index (Phi) is 6.39. The summed E-state index contributed by atoms with van der Waals surface area (Å²) < 4.78 is 9.08. The van der Waals surface area contributed by atoms with Crippen molar-refractivity contribution in [3.8, 4) is 45.3 Å². The van der Waals surface area contributed by atoms with Crippen LogP contribution in [0.2, 0.25) is 0 Å². The van der Waals surface area contributed by atoms with E-state index in [1.807, 2.05) is 35.6 Å². The molecule has 11 rings (SSSR count). The Bertz CT molecular complexity index is 3190. The quantitative estimate of drug-likeness (QED) is 0.174. The van der Waals surface area contributed by atoms with E-state index in [9.17, 15) is 0 Å². The van der Waals surface area contributed by atoms with Gasteiger partial charge in [0.25, 0.3) is 0 Å². The molecule has 8 aromatic carbocycles. The average molecular weight is 682 g/mol. The lowest BCUT2D eigenvalue weighted by atomic mass is 9.97. The highest BCUT2D eigenvalue weighted by molar-refractivity contribution is 7.25. The molecule has 0 saturated heterocycles. The monoisotopic (exact) mass is 681 g/mol. The second kappa shape index (κ2) is 11.4. The summed E-state index contributed by atoms with van der Waals surface area (Å²) in [7, 11) is 0. The zero-order valence-corrected chi connectivity index (χ0v) is 28.6. The van der Waals surface area contributed by atoms with Crippen molar-refractivity contribution in [2.24, 2.45) is 0 Å². The molecular formula is C47H27N3OS. The van der Waals surface area contributed by atoms with Gasteiger partial charge in [0.15, 0.2) is 17.5 Å². The number of furan rings is 1. The molecule has 0 amide bonds. The summed E-state index contributed by atoms with van der Waals surface area (Å²) in [4.78, 5) is 15.6. The minimum absolute atomic E-state index is 0.570.